The minimum atomic E-state index is -1.12. The number of furan rings is 1. The van der Waals surface area contributed by atoms with Gasteiger partial charge in [0.2, 0.25) is 0 Å². The minimum absolute atomic E-state index is 0.0104. The summed E-state index contributed by atoms with van der Waals surface area (Å²) in [4.78, 5) is 24.8. The molecule has 0 saturated carbocycles. The van der Waals surface area contributed by atoms with Crippen molar-refractivity contribution in [3.05, 3.63) is 23.7 Å². The normalized spacial score (nSPS) is 17.6. The fourth-order valence-corrected chi connectivity index (χ4v) is 2.08. The van der Waals surface area contributed by atoms with Crippen LogP contribution in [-0.2, 0) is 4.74 Å². The van der Waals surface area contributed by atoms with Crippen LogP contribution in [0.15, 0.2) is 16.7 Å². The zero-order valence-electron chi connectivity index (χ0n) is 11.3. The summed E-state index contributed by atoms with van der Waals surface area (Å²) >= 11 is 0. The van der Waals surface area contributed by atoms with E-state index < -0.39 is 11.9 Å². The fraction of sp³-hybridized carbons (Fsp3) is 0.538. The topological polar surface area (TPSA) is 92.0 Å². The Balaban J connectivity index is 1.84. The predicted octanol–water partition coefficient (Wildman–Crippen LogP) is 0.428. The first-order valence-corrected chi connectivity index (χ1v) is 6.49. The first kappa shape index (κ1) is 14.5. The summed E-state index contributed by atoms with van der Waals surface area (Å²) in [5, 5.41) is 11.6. The molecule has 1 atom stereocenters. The fourth-order valence-electron chi connectivity index (χ4n) is 2.08. The molecule has 0 radical (unpaired) electrons. The molecule has 7 nitrogen and oxygen atoms in total. The number of nitrogens with zero attached hydrogens (tertiary/aromatic N) is 1. The van der Waals surface area contributed by atoms with E-state index >= 15 is 0 Å². The summed E-state index contributed by atoms with van der Waals surface area (Å²) in [6, 6.07) is 1.16. The van der Waals surface area contributed by atoms with Gasteiger partial charge < -0.3 is 19.6 Å². The van der Waals surface area contributed by atoms with Gasteiger partial charge in [0.25, 0.3) is 5.91 Å². The van der Waals surface area contributed by atoms with Gasteiger partial charge in [0.1, 0.15) is 6.26 Å². The number of hydrogen-bond acceptors (Lipinski definition) is 5. The maximum atomic E-state index is 11.9. The van der Waals surface area contributed by atoms with Gasteiger partial charge in [-0.1, -0.05) is 0 Å². The first-order valence-electron chi connectivity index (χ1n) is 6.49. The summed E-state index contributed by atoms with van der Waals surface area (Å²) in [6.45, 7) is 5.74. The van der Waals surface area contributed by atoms with Crippen LogP contribution in [0, 0.1) is 0 Å². The van der Waals surface area contributed by atoms with Crippen molar-refractivity contribution >= 4 is 11.9 Å². The van der Waals surface area contributed by atoms with Gasteiger partial charge in [-0.05, 0) is 6.92 Å². The van der Waals surface area contributed by atoms with E-state index in [1.807, 2.05) is 6.92 Å². The van der Waals surface area contributed by atoms with Crippen LogP contribution in [0.5, 0.6) is 0 Å². The molecule has 7 heteroatoms. The third kappa shape index (κ3) is 3.82. The number of carbonyl (C=O) groups excluding carboxylic acids is 1. The quantitative estimate of drug-likeness (QED) is 0.813. The van der Waals surface area contributed by atoms with Crippen molar-refractivity contribution in [3.8, 4) is 0 Å². The first-order chi connectivity index (χ1) is 9.56. The van der Waals surface area contributed by atoms with Gasteiger partial charge in [-0.2, -0.15) is 0 Å². The van der Waals surface area contributed by atoms with Crippen molar-refractivity contribution in [3.63, 3.8) is 0 Å². The van der Waals surface area contributed by atoms with Gasteiger partial charge in [0, 0.05) is 31.7 Å². The average Bonchev–Trinajstić information content (AvgIpc) is 2.89. The summed E-state index contributed by atoms with van der Waals surface area (Å²) in [6.07, 6.45) is 1.06. The molecule has 2 rings (SSSR count). The second kappa shape index (κ2) is 6.53. The molecule has 0 aliphatic carbocycles. The summed E-state index contributed by atoms with van der Waals surface area (Å²) in [5.74, 6) is -1.51. The molecular weight excluding hydrogens is 264 g/mol. The molecule has 1 amide bonds. The van der Waals surface area contributed by atoms with Gasteiger partial charge in [0.05, 0.1) is 18.8 Å². The van der Waals surface area contributed by atoms with Crippen LogP contribution in [-0.4, -0.2) is 60.8 Å². The van der Waals surface area contributed by atoms with Crippen molar-refractivity contribution in [1.29, 1.82) is 0 Å². The minimum Gasteiger partial charge on any atom is -0.478 e. The van der Waals surface area contributed by atoms with Gasteiger partial charge >= 0.3 is 5.97 Å². The molecule has 110 valence electrons. The number of nitrogens with one attached hydrogen (secondary N) is 1. The number of amides is 1. The third-order valence-corrected chi connectivity index (χ3v) is 3.08. The highest BCUT2D eigenvalue weighted by molar-refractivity contribution is 5.95. The number of hydrogen-bond donors (Lipinski definition) is 2. The van der Waals surface area contributed by atoms with E-state index in [2.05, 4.69) is 10.2 Å². The summed E-state index contributed by atoms with van der Waals surface area (Å²) < 4.78 is 10.2. The molecule has 20 heavy (non-hydrogen) atoms. The Morgan fingerprint density at radius 1 is 1.45 bits per heavy atom. The van der Waals surface area contributed by atoms with Crippen LogP contribution in [0.1, 0.15) is 27.8 Å². The van der Waals surface area contributed by atoms with Crippen molar-refractivity contribution in [2.24, 2.45) is 0 Å². The number of rotatable bonds is 5. The molecule has 2 N–H and O–H groups in total. The Morgan fingerprint density at radius 2 is 2.15 bits per heavy atom. The lowest BCUT2D eigenvalue weighted by atomic mass is 10.2. The number of carboxylic acid groups (broad SMARTS) is 1. The Kier molecular flexibility index (Phi) is 4.75. The van der Waals surface area contributed by atoms with Crippen molar-refractivity contribution in [2.45, 2.75) is 13.0 Å². The van der Waals surface area contributed by atoms with Crippen molar-refractivity contribution < 1.29 is 23.8 Å². The highest BCUT2D eigenvalue weighted by atomic mass is 16.5. The van der Waals surface area contributed by atoms with Crippen LogP contribution in [0.3, 0.4) is 0 Å². The Morgan fingerprint density at radius 3 is 2.75 bits per heavy atom. The predicted molar refractivity (Wildman–Crippen MR) is 69.9 cm³/mol. The Bertz CT molecular complexity index is 479. The monoisotopic (exact) mass is 282 g/mol. The summed E-state index contributed by atoms with van der Waals surface area (Å²) in [5.41, 5.74) is -0.0315. The van der Waals surface area contributed by atoms with E-state index in [-0.39, 0.29) is 17.4 Å². The largest absolute Gasteiger partial charge is 0.478 e. The lowest BCUT2D eigenvalue weighted by Gasteiger charge is -2.29. The zero-order chi connectivity index (χ0) is 14.5. The van der Waals surface area contributed by atoms with Crippen molar-refractivity contribution in [2.75, 3.05) is 32.8 Å². The van der Waals surface area contributed by atoms with Gasteiger partial charge in [-0.25, -0.2) is 4.79 Å². The number of aromatic carboxylic acids is 1. The van der Waals surface area contributed by atoms with Gasteiger partial charge in [0.15, 0.2) is 5.76 Å². The molecular formula is C13H18N2O5. The molecule has 1 aromatic rings. The Labute approximate surface area is 116 Å². The lowest BCUT2D eigenvalue weighted by molar-refractivity contribution is 0.0341. The molecule has 1 unspecified atom stereocenters. The lowest BCUT2D eigenvalue weighted by Crippen LogP contribution is -2.45. The molecule has 2 heterocycles. The van der Waals surface area contributed by atoms with E-state index in [0.29, 0.717) is 13.2 Å². The van der Waals surface area contributed by atoms with E-state index in [1.54, 1.807) is 0 Å². The number of ether oxygens (including phenoxy) is 1. The number of morpholine rings is 1. The van der Waals surface area contributed by atoms with Crippen molar-refractivity contribution in [1.82, 2.24) is 10.2 Å². The molecule has 0 bridgehead atoms. The maximum Gasteiger partial charge on any atom is 0.338 e. The van der Waals surface area contributed by atoms with Crippen LogP contribution < -0.4 is 5.32 Å². The molecule has 0 aromatic carbocycles. The second-order valence-electron chi connectivity index (χ2n) is 4.79. The van der Waals surface area contributed by atoms with E-state index in [1.165, 1.54) is 6.07 Å². The standard InChI is InChI=1S/C13H18N2O5/c1-9(7-15-2-4-19-5-3-15)14-12(16)11-6-10(8-20-11)13(17)18/h6,8-9H,2-5,7H2,1H3,(H,14,16)(H,17,18). The second-order valence-corrected chi connectivity index (χ2v) is 4.79. The molecule has 0 spiro atoms. The molecule has 1 aliphatic heterocycles. The van der Waals surface area contributed by atoms with Crippen LogP contribution in [0.4, 0.5) is 0 Å². The van der Waals surface area contributed by atoms with Crippen LogP contribution in [0.25, 0.3) is 0 Å². The summed E-state index contributed by atoms with van der Waals surface area (Å²) in [7, 11) is 0. The number of carbonyl (C=O) groups is 2. The van der Waals surface area contributed by atoms with Gasteiger partial charge in [-0.15, -0.1) is 0 Å². The molecule has 1 saturated heterocycles. The zero-order valence-corrected chi connectivity index (χ0v) is 11.3. The van der Waals surface area contributed by atoms with E-state index in [4.69, 9.17) is 14.3 Å². The Hall–Kier alpha value is -1.86. The molecule has 1 aromatic heterocycles. The highest BCUT2D eigenvalue weighted by Gasteiger charge is 2.18. The van der Waals surface area contributed by atoms with Crippen LogP contribution >= 0.6 is 0 Å². The SMILES string of the molecule is CC(CN1CCOCC1)NC(=O)c1cc(C(=O)O)co1. The average molecular weight is 282 g/mol. The van der Waals surface area contributed by atoms with Crippen LogP contribution in [0.2, 0.25) is 0 Å². The van der Waals surface area contributed by atoms with Gasteiger partial charge in [-0.3, -0.25) is 9.69 Å². The smallest absolute Gasteiger partial charge is 0.338 e. The highest BCUT2D eigenvalue weighted by Crippen LogP contribution is 2.08. The number of carboxylic acids is 1. The maximum absolute atomic E-state index is 11.9. The molecule has 1 fully saturated rings. The molecule has 1 aliphatic rings. The van der Waals surface area contributed by atoms with E-state index in [9.17, 15) is 9.59 Å². The van der Waals surface area contributed by atoms with E-state index in [0.717, 1.165) is 25.9 Å². The third-order valence-electron chi connectivity index (χ3n) is 3.08.